The van der Waals surface area contributed by atoms with Crippen LogP contribution in [0.5, 0.6) is 0 Å². The molecule has 9 atom stereocenters. The third-order valence-electron chi connectivity index (χ3n) is 15.9. The normalized spacial score (nSPS) is 36.7. The van der Waals surface area contributed by atoms with Gasteiger partial charge in [-0.1, -0.05) is 58.1 Å². The highest BCUT2D eigenvalue weighted by atomic mass is 16.5. The lowest BCUT2D eigenvalue weighted by molar-refractivity contribution is -0.144. The lowest BCUT2D eigenvalue weighted by atomic mass is 9.40. The Hall–Kier alpha value is -3.26. The number of rotatable bonds is 7. The topological polar surface area (TPSA) is 92.0 Å². The van der Waals surface area contributed by atoms with Crippen molar-refractivity contribution in [3.63, 3.8) is 0 Å². The third kappa shape index (κ3) is 4.97. The van der Waals surface area contributed by atoms with Gasteiger partial charge < -0.3 is 24.4 Å². The molecule has 0 radical (unpaired) electrons. The van der Waals surface area contributed by atoms with Crippen LogP contribution < -0.4 is 0 Å². The average Bonchev–Trinajstić information content (AvgIpc) is 3.77. The van der Waals surface area contributed by atoms with Crippen LogP contribution in [0.3, 0.4) is 0 Å². The van der Waals surface area contributed by atoms with Crippen molar-refractivity contribution < 1.29 is 24.5 Å². The van der Waals surface area contributed by atoms with E-state index in [9.17, 15) is 19.8 Å². The van der Waals surface area contributed by atoms with E-state index in [-0.39, 0.29) is 34.4 Å². The van der Waals surface area contributed by atoms with E-state index >= 15 is 0 Å². The molecule has 1 aromatic heterocycles. The predicted octanol–water partition coefficient (Wildman–Crippen LogP) is 9.36. The number of carbonyl (C=O) groups excluding carboxylic acids is 2. The van der Waals surface area contributed by atoms with Crippen molar-refractivity contribution in [2.45, 2.75) is 150 Å². The minimum Gasteiger partial charge on any atom is -0.392 e. The number of nitrogens with zero attached hydrogens (tertiary/aromatic N) is 2. The number of ether oxygens (including phenoxy) is 1. The lowest BCUT2D eigenvalue weighted by Gasteiger charge is -2.64. The molecule has 0 spiro atoms. The minimum absolute atomic E-state index is 0.0390. The number of aliphatic hydroxyl groups is 2. The largest absolute Gasteiger partial charge is 0.392 e. The standard InChI is InChI=1S/C48H64N2O5/c1-13-22-49(14-2)43(54)27(5)16-15-20-46(10)33-18-17-28-23-31-30-24-29-32-25-44(6,7)55-45(8,9)37(32)40(52)35(29)36-39(30)50(38(26(3)4)41(36)53)42(31)48(28,12)47(33,11)21-19-34(46)51/h15-16,20,24-25,28,33-34,37-38,40,51-52H,3,13-14,17-19,21-23H2,1-2,4-12H3/b20-15+,27-16+/t28?,33-,34-,37?,38-,40+,46-,47-,48+/m0/s1. The van der Waals surface area contributed by atoms with Gasteiger partial charge >= 0.3 is 0 Å². The minimum atomic E-state index is -0.852. The smallest absolute Gasteiger partial charge is 0.249 e. The summed E-state index contributed by atoms with van der Waals surface area (Å²) in [6.07, 6.45) is 12.5. The maximum atomic E-state index is 15.0. The molecule has 2 unspecified atom stereocenters. The van der Waals surface area contributed by atoms with Gasteiger partial charge in [-0.3, -0.25) is 9.59 Å². The number of fused-ring (bicyclic) bond motifs is 11. The van der Waals surface area contributed by atoms with Crippen LogP contribution in [0.4, 0.5) is 0 Å². The number of benzene rings is 1. The highest BCUT2D eigenvalue weighted by Crippen LogP contribution is 2.71. The second-order valence-corrected chi connectivity index (χ2v) is 19.9. The van der Waals surface area contributed by atoms with Crippen LogP contribution in [-0.4, -0.2) is 61.8 Å². The summed E-state index contributed by atoms with van der Waals surface area (Å²) in [5.41, 5.74) is 6.55. The van der Waals surface area contributed by atoms with Crippen LogP contribution in [0.15, 0.2) is 48.1 Å². The van der Waals surface area contributed by atoms with Gasteiger partial charge in [-0.05, 0) is 133 Å². The number of aliphatic hydroxyl groups excluding tert-OH is 2. The molecule has 2 saturated carbocycles. The number of Topliss-reactive ketones (excluding diaryl/α,β-unsaturated/α-hetero) is 1. The number of ketones is 1. The molecule has 4 aliphatic carbocycles. The van der Waals surface area contributed by atoms with E-state index in [0.717, 1.165) is 71.8 Å². The number of aromatic nitrogens is 1. The van der Waals surface area contributed by atoms with Gasteiger partial charge in [0.2, 0.25) is 5.91 Å². The van der Waals surface area contributed by atoms with Crippen molar-refractivity contribution in [1.29, 1.82) is 0 Å². The zero-order chi connectivity index (χ0) is 39.9. The summed E-state index contributed by atoms with van der Waals surface area (Å²) >= 11 is 0. The molecular weight excluding hydrogens is 685 g/mol. The number of hydrogen-bond donors (Lipinski definition) is 2. The maximum Gasteiger partial charge on any atom is 0.249 e. The van der Waals surface area contributed by atoms with Crippen LogP contribution in [0.1, 0.15) is 153 Å². The summed E-state index contributed by atoms with van der Waals surface area (Å²) in [6, 6.07) is 1.79. The van der Waals surface area contributed by atoms with E-state index in [4.69, 9.17) is 4.74 Å². The van der Waals surface area contributed by atoms with Crippen molar-refractivity contribution >= 4 is 28.2 Å². The van der Waals surface area contributed by atoms with Crippen molar-refractivity contribution in [2.24, 2.45) is 28.6 Å². The first-order valence-corrected chi connectivity index (χ1v) is 21.1. The number of amides is 1. The fourth-order valence-electron chi connectivity index (χ4n) is 13.5. The lowest BCUT2D eigenvalue weighted by Crippen LogP contribution is -2.62. The summed E-state index contributed by atoms with van der Waals surface area (Å²) in [5, 5.41) is 25.3. The zero-order valence-electron chi connectivity index (χ0n) is 35.2. The molecule has 1 aromatic carbocycles. The molecule has 7 heteroatoms. The Morgan fingerprint density at radius 2 is 1.78 bits per heavy atom. The number of carbonyl (C=O) groups is 2. The van der Waals surface area contributed by atoms with Crippen LogP contribution in [-0.2, 0) is 21.4 Å². The first-order valence-electron chi connectivity index (χ1n) is 21.1. The number of likely N-dealkylation sites (N-methyl/N-ethyl adjacent to an activating group) is 1. The van der Waals surface area contributed by atoms with Crippen LogP contribution in [0, 0.1) is 28.6 Å². The Balaban J connectivity index is 1.28. The predicted molar refractivity (Wildman–Crippen MR) is 220 cm³/mol. The molecule has 6 aliphatic rings. The molecule has 296 valence electrons. The van der Waals surface area contributed by atoms with E-state index in [1.165, 1.54) is 11.3 Å². The quantitative estimate of drug-likeness (QED) is 0.167. The first kappa shape index (κ1) is 38.6. The van der Waals surface area contributed by atoms with Crippen LogP contribution in [0.25, 0.3) is 16.5 Å². The Labute approximate surface area is 328 Å². The van der Waals surface area contributed by atoms with Gasteiger partial charge in [-0.25, -0.2) is 0 Å². The van der Waals surface area contributed by atoms with Crippen molar-refractivity contribution in [3.05, 3.63) is 76.0 Å². The van der Waals surface area contributed by atoms with Crippen LogP contribution in [0.2, 0.25) is 0 Å². The Kier molecular flexibility index (Phi) is 8.68. The van der Waals surface area contributed by atoms with Crippen molar-refractivity contribution in [3.8, 4) is 0 Å². The molecule has 2 N–H and O–H groups in total. The monoisotopic (exact) mass is 748 g/mol. The maximum absolute atomic E-state index is 15.0. The Morgan fingerprint density at radius 3 is 2.44 bits per heavy atom. The first-order chi connectivity index (χ1) is 25.7. The Morgan fingerprint density at radius 1 is 1.07 bits per heavy atom. The van der Waals surface area contributed by atoms with Gasteiger partial charge in [0.25, 0.3) is 0 Å². The molecular formula is C48H64N2O5. The molecule has 7 nitrogen and oxygen atoms in total. The van der Waals surface area contributed by atoms with E-state index < -0.39 is 34.9 Å². The highest BCUT2D eigenvalue weighted by Gasteiger charge is 2.67. The summed E-state index contributed by atoms with van der Waals surface area (Å²) in [5.74, 6) is 0.407. The van der Waals surface area contributed by atoms with E-state index in [0.29, 0.717) is 30.0 Å². The molecule has 55 heavy (non-hydrogen) atoms. The number of allylic oxidation sites excluding steroid dienone is 3. The Bertz CT molecular complexity index is 2130. The van der Waals surface area contributed by atoms with Crippen molar-refractivity contribution in [2.75, 3.05) is 13.1 Å². The second-order valence-electron chi connectivity index (χ2n) is 19.9. The van der Waals surface area contributed by atoms with E-state index in [1.54, 1.807) is 0 Å². The third-order valence-corrected chi connectivity index (χ3v) is 15.9. The van der Waals surface area contributed by atoms with E-state index in [1.807, 2.05) is 37.8 Å². The molecule has 2 fully saturated rings. The molecule has 0 bridgehead atoms. The molecule has 8 rings (SSSR count). The summed E-state index contributed by atoms with van der Waals surface area (Å²) in [6.45, 7) is 29.3. The summed E-state index contributed by atoms with van der Waals surface area (Å²) in [4.78, 5) is 30.1. The van der Waals surface area contributed by atoms with Crippen molar-refractivity contribution in [1.82, 2.24) is 9.47 Å². The molecule has 2 aromatic rings. The second kappa shape index (κ2) is 12.4. The van der Waals surface area contributed by atoms with Gasteiger partial charge in [-0.2, -0.15) is 0 Å². The fraction of sp³-hybridized carbons (Fsp3) is 0.625. The van der Waals surface area contributed by atoms with Gasteiger partial charge in [0.1, 0.15) is 6.04 Å². The SMILES string of the molecule is C=C(C)[C@H]1C(=O)c2c3c(cc4c5c(n1c24)[C@@]1(C)C(CC[C@H]2[C@](C)(/C=C/C=C(\C)C(=O)N(CC)CCC)[C@@H](O)CC[C@@]21C)C5)C1=CC(C)(C)OC(C)(C)C1[C@@H]3O. The zero-order valence-corrected chi connectivity index (χ0v) is 35.2. The molecule has 1 amide bonds. The molecule has 2 aliphatic heterocycles. The van der Waals surface area contributed by atoms with Crippen LogP contribution >= 0.6 is 0 Å². The fourth-order valence-corrected chi connectivity index (χ4v) is 13.5. The highest BCUT2D eigenvalue weighted by molar-refractivity contribution is 6.18. The number of hydrogen-bond acceptors (Lipinski definition) is 5. The van der Waals surface area contributed by atoms with Gasteiger partial charge in [0.15, 0.2) is 5.78 Å². The summed E-state index contributed by atoms with van der Waals surface area (Å²) < 4.78 is 8.93. The van der Waals surface area contributed by atoms with E-state index in [2.05, 4.69) is 84.8 Å². The van der Waals surface area contributed by atoms with Gasteiger partial charge in [0.05, 0.1) is 34.5 Å². The van der Waals surface area contributed by atoms with Gasteiger partial charge in [0, 0.05) is 52.1 Å². The molecule has 0 saturated heterocycles. The summed E-state index contributed by atoms with van der Waals surface area (Å²) in [7, 11) is 0. The van der Waals surface area contributed by atoms with Gasteiger partial charge in [-0.15, -0.1) is 0 Å². The molecule has 3 heterocycles. The average molecular weight is 749 g/mol.